The standard InChI is InChI=1S/C14H20N2O3/c1-10(2)16-7-3-4-12(16)13(17)15-8-5-11(6-9-15)14(18)19/h3-4,7,10-11H,5-6,8-9H2,1-2H3,(H,18,19). The molecule has 1 aliphatic rings. The van der Waals surface area contributed by atoms with Gasteiger partial charge in [-0.05, 0) is 38.8 Å². The zero-order valence-corrected chi connectivity index (χ0v) is 11.4. The third kappa shape index (κ3) is 2.80. The minimum Gasteiger partial charge on any atom is -0.481 e. The second-order valence-electron chi connectivity index (χ2n) is 5.30. The first-order chi connectivity index (χ1) is 9.00. The second kappa shape index (κ2) is 5.47. The van der Waals surface area contributed by atoms with E-state index in [4.69, 9.17) is 5.11 Å². The Kier molecular flexibility index (Phi) is 3.93. The zero-order chi connectivity index (χ0) is 14.0. The van der Waals surface area contributed by atoms with Crippen molar-refractivity contribution < 1.29 is 14.7 Å². The van der Waals surface area contributed by atoms with Gasteiger partial charge in [-0.15, -0.1) is 0 Å². The van der Waals surface area contributed by atoms with Crippen LogP contribution in [-0.4, -0.2) is 39.5 Å². The van der Waals surface area contributed by atoms with Gasteiger partial charge < -0.3 is 14.6 Å². The first kappa shape index (κ1) is 13.6. The number of hydrogen-bond donors (Lipinski definition) is 1. The number of carbonyl (C=O) groups is 2. The van der Waals surface area contributed by atoms with E-state index in [0.29, 0.717) is 31.6 Å². The molecule has 1 N–H and O–H groups in total. The number of carboxylic acid groups (broad SMARTS) is 1. The van der Waals surface area contributed by atoms with Crippen molar-refractivity contribution in [3.8, 4) is 0 Å². The van der Waals surface area contributed by atoms with Crippen molar-refractivity contribution in [2.75, 3.05) is 13.1 Å². The number of carbonyl (C=O) groups excluding carboxylic acids is 1. The van der Waals surface area contributed by atoms with Crippen LogP contribution in [0, 0.1) is 5.92 Å². The van der Waals surface area contributed by atoms with E-state index in [-0.39, 0.29) is 17.9 Å². The minimum atomic E-state index is -0.752. The van der Waals surface area contributed by atoms with E-state index in [1.54, 1.807) is 4.90 Å². The molecule has 1 amide bonds. The van der Waals surface area contributed by atoms with Gasteiger partial charge in [0.05, 0.1) is 5.92 Å². The summed E-state index contributed by atoms with van der Waals surface area (Å²) < 4.78 is 1.95. The van der Waals surface area contributed by atoms with Crippen molar-refractivity contribution in [1.82, 2.24) is 9.47 Å². The van der Waals surface area contributed by atoms with Gasteiger partial charge >= 0.3 is 5.97 Å². The Bertz CT molecular complexity index is 471. The Morgan fingerprint density at radius 2 is 1.95 bits per heavy atom. The highest BCUT2D eigenvalue weighted by molar-refractivity contribution is 5.93. The van der Waals surface area contributed by atoms with Crippen molar-refractivity contribution in [2.45, 2.75) is 32.7 Å². The number of aliphatic carboxylic acids is 1. The summed E-state index contributed by atoms with van der Waals surface area (Å²) in [7, 11) is 0. The third-order valence-electron chi connectivity index (χ3n) is 3.69. The number of carboxylic acids is 1. The SMILES string of the molecule is CC(C)n1cccc1C(=O)N1CCC(C(=O)O)CC1. The summed E-state index contributed by atoms with van der Waals surface area (Å²) in [5.74, 6) is -1.05. The number of hydrogen-bond acceptors (Lipinski definition) is 2. The highest BCUT2D eigenvalue weighted by Crippen LogP contribution is 2.20. The summed E-state index contributed by atoms with van der Waals surface area (Å²) in [5.41, 5.74) is 0.684. The highest BCUT2D eigenvalue weighted by atomic mass is 16.4. The topological polar surface area (TPSA) is 62.5 Å². The molecular formula is C14H20N2O3. The molecule has 0 atom stereocenters. The van der Waals surface area contributed by atoms with Gasteiger partial charge in [0.15, 0.2) is 0 Å². The molecule has 0 saturated carbocycles. The molecule has 0 bridgehead atoms. The molecule has 1 aromatic heterocycles. The molecule has 0 spiro atoms. The summed E-state index contributed by atoms with van der Waals surface area (Å²) in [4.78, 5) is 25.1. The molecule has 1 fully saturated rings. The Morgan fingerprint density at radius 1 is 1.32 bits per heavy atom. The quantitative estimate of drug-likeness (QED) is 0.908. The van der Waals surface area contributed by atoms with Crippen molar-refractivity contribution in [1.29, 1.82) is 0 Å². The van der Waals surface area contributed by atoms with Crippen LogP contribution in [0.1, 0.15) is 43.2 Å². The molecule has 5 heteroatoms. The maximum atomic E-state index is 12.4. The minimum absolute atomic E-state index is 0.00235. The van der Waals surface area contributed by atoms with Crippen LogP contribution in [0.5, 0.6) is 0 Å². The van der Waals surface area contributed by atoms with Crippen molar-refractivity contribution in [3.05, 3.63) is 24.0 Å². The van der Waals surface area contributed by atoms with E-state index in [0.717, 1.165) is 0 Å². The summed E-state index contributed by atoms with van der Waals surface area (Å²) >= 11 is 0. The number of rotatable bonds is 3. The molecular weight excluding hydrogens is 244 g/mol. The third-order valence-corrected chi connectivity index (χ3v) is 3.69. The van der Waals surface area contributed by atoms with Crippen LogP contribution in [0.2, 0.25) is 0 Å². The monoisotopic (exact) mass is 264 g/mol. The molecule has 5 nitrogen and oxygen atoms in total. The van der Waals surface area contributed by atoms with Crippen molar-refractivity contribution in [3.63, 3.8) is 0 Å². The summed E-state index contributed by atoms with van der Waals surface area (Å²) in [6.45, 7) is 5.12. The molecule has 1 aromatic rings. The number of nitrogens with zero attached hydrogens (tertiary/aromatic N) is 2. The molecule has 104 valence electrons. The van der Waals surface area contributed by atoms with Gasteiger partial charge in [0.25, 0.3) is 5.91 Å². The van der Waals surface area contributed by atoms with Gasteiger partial charge in [-0.3, -0.25) is 9.59 Å². The second-order valence-corrected chi connectivity index (χ2v) is 5.30. The average molecular weight is 264 g/mol. The molecule has 1 aliphatic heterocycles. The largest absolute Gasteiger partial charge is 0.481 e. The Balaban J connectivity index is 2.05. The molecule has 2 heterocycles. The molecule has 1 saturated heterocycles. The van der Waals surface area contributed by atoms with E-state index in [9.17, 15) is 9.59 Å². The Hall–Kier alpha value is -1.78. The van der Waals surface area contributed by atoms with Gasteiger partial charge in [0.1, 0.15) is 5.69 Å². The van der Waals surface area contributed by atoms with E-state index in [2.05, 4.69) is 0 Å². The number of piperidine rings is 1. The predicted molar refractivity (Wildman–Crippen MR) is 71.1 cm³/mol. The molecule has 19 heavy (non-hydrogen) atoms. The van der Waals surface area contributed by atoms with Crippen LogP contribution < -0.4 is 0 Å². The lowest BCUT2D eigenvalue weighted by Crippen LogP contribution is -2.41. The van der Waals surface area contributed by atoms with E-state index in [1.165, 1.54) is 0 Å². The maximum absolute atomic E-state index is 12.4. The van der Waals surface area contributed by atoms with E-state index >= 15 is 0 Å². The lowest BCUT2D eigenvalue weighted by Gasteiger charge is -2.30. The fraction of sp³-hybridized carbons (Fsp3) is 0.571. The highest BCUT2D eigenvalue weighted by Gasteiger charge is 2.28. The van der Waals surface area contributed by atoms with Gasteiger partial charge in [-0.2, -0.15) is 0 Å². The number of likely N-dealkylation sites (tertiary alicyclic amines) is 1. The fourth-order valence-electron chi connectivity index (χ4n) is 2.52. The fourth-order valence-corrected chi connectivity index (χ4v) is 2.52. The van der Waals surface area contributed by atoms with Crippen molar-refractivity contribution in [2.24, 2.45) is 5.92 Å². The molecule has 2 rings (SSSR count). The first-order valence-corrected chi connectivity index (χ1v) is 6.69. The first-order valence-electron chi connectivity index (χ1n) is 6.69. The summed E-state index contributed by atoms with van der Waals surface area (Å²) in [6, 6.07) is 3.94. The smallest absolute Gasteiger partial charge is 0.306 e. The maximum Gasteiger partial charge on any atom is 0.306 e. The Labute approximate surface area is 112 Å². The van der Waals surface area contributed by atoms with Crippen LogP contribution in [0.25, 0.3) is 0 Å². The molecule has 0 aliphatic carbocycles. The van der Waals surface area contributed by atoms with Crippen LogP contribution >= 0.6 is 0 Å². The molecule has 0 aromatic carbocycles. The summed E-state index contributed by atoms with van der Waals surface area (Å²) in [5, 5.41) is 8.96. The van der Waals surface area contributed by atoms with Crippen LogP contribution in [0.4, 0.5) is 0 Å². The average Bonchev–Trinajstić information content (AvgIpc) is 2.87. The van der Waals surface area contributed by atoms with Crippen LogP contribution in [0.15, 0.2) is 18.3 Å². The van der Waals surface area contributed by atoms with E-state index in [1.807, 2.05) is 36.7 Å². The van der Waals surface area contributed by atoms with Gasteiger partial charge in [0.2, 0.25) is 0 Å². The van der Waals surface area contributed by atoms with Crippen LogP contribution in [0.3, 0.4) is 0 Å². The van der Waals surface area contributed by atoms with E-state index < -0.39 is 5.97 Å². The Morgan fingerprint density at radius 3 is 2.47 bits per heavy atom. The summed E-state index contributed by atoms with van der Waals surface area (Å²) in [6.07, 6.45) is 2.99. The lowest BCUT2D eigenvalue weighted by molar-refractivity contribution is -0.143. The number of aromatic nitrogens is 1. The van der Waals surface area contributed by atoms with Gasteiger partial charge in [0, 0.05) is 25.3 Å². The zero-order valence-electron chi connectivity index (χ0n) is 11.4. The number of amides is 1. The molecule has 0 unspecified atom stereocenters. The van der Waals surface area contributed by atoms with Gasteiger partial charge in [-0.25, -0.2) is 0 Å². The lowest BCUT2D eigenvalue weighted by atomic mass is 9.97. The normalized spacial score (nSPS) is 16.9. The predicted octanol–water partition coefficient (Wildman–Crippen LogP) is 2.01. The van der Waals surface area contributed by atoms with Gasteiger partial charge in [-0.1, -0.05) is 0 Å². The van der Waals surface area contributed by atoms with Crippen LogP contribution in [-0.2, 0) is 4.79 Å². The molecule has 0 radical (unpaired) electrons. The van der Waals surface area contributed by atoms with Crippen molar-refractivity contribution >= 4 is 11.9 Å².